The SMILES string of the molecule is O=C(NC1(C(=O)O)CCSCC1)C1=Cc2ccccc2OC1. The molecule has 2 N–H and O–H groups in total. The van der Waals surface area contributed by atoms with Crippen LogP contribution >= 0.6 is 11.8 Å². The summed E-state index contributed by atoms with van der Waals surface area (Å²) in [6, 6.07) is 7.46. The summed E-state index contributed by atoms with van der Waals surface area (Å²) < 4.78 is 5.56. The smallest absolute Gasteiger partial charge is 0.329 e. The summed E-state index contributed by atoms with van der Waals surface area (Å²) in [5.41, 5.74) is 0.139. The summed E-state index contributed by atoms with van der Waals surface area (Å²) in [4.78, 5) is 24.1. The fourth-order valence-corrected chi connectivity index (χ4v) is 3.85. The predicted octanol–water partition coefficient (Wildman–Crippen LogP) is 1.93. The predicted molar refractivity (Wildman–Crippen MR) is 85.0 cm³/mol. The molecule has 116 valence electrons. The Morgan fingerprint density at radius 2 is 1.95 bits per heavy atom. The van der Waals surface area contributed by atoms with Crippen LogP contribution in [0.2, 0.25) is 0 Å². The number of ether oxygens (including phenoxy) is 1. The van der Waals surface area contributed by atoms with Crippen LogP contribution in [0.1, 0.15) is 18.4 Å². The van der Waals surface area contributed by atoms with Crippen molar-refractivity contribution in [2.75, 3.05) is 18.1 Å². The first-order chi connectivity index (χ1) is 10.6. The Labute approximate surface area is 132 Å². The second-order valence-corrected chi connectivity index (χ2v) is 6.67. The van der Waals surface area contributed by atoms with Crippen LogP contribution in [0, 0.1) is 0 Å². The summed E-state index contributed by atoms with van der Waals surface area (Å²) in [7, 11) is 0. The van der Waals surface area contributed by atoms with E-state index in [1.807, 2.05) is 24.3 Å². The van der Waals surface area contributed by atoms with E-state index in [2.05, 4.69) is 5.32 Å². The van der Waals surface area contributed by atoms with Gasteiger partial charge < -0.3 is 15.2 Å². The number of aliphatic carboxylic acids is 1. The van der Waals surface area contributed by atoms with Crippen LogP contribution in [0.25, 0.3) is 6.08 Å². The molecule has 5 nitrogen and oxygen atoms in total. The molecular weight excluding hydrogens is 302 g/mol. The molecule has 0 unspecified atom stereocenters. The summed E-state index contributed by atoms with van der Waals surface area (Å²) in [5.74, 6) is 0.902. The average molecular weight is 319 g/mol. The number of rotatable bonds is 3. The highest BCUT2D eigenvalue weighted by atomic mass is 32.2. The number of carboxylic acid groups (broad SMARTS) is 1. The lowest BCUT2D eigenvalue weighted by Crippen LogP contribution is -2.57. The third-order valence-corrected chi connectivity index (χ3v) is 5.02. The van der Waals surface area contributed by atoms with Crippen LogP contribution in [0.15, 0.2) is 29.8 Å². The maximum atomic E-state index is 12.5. The molecule has 0 spiro atoms. The van der Waals surface area contributed by atoms with Crippen molar-refractivity contribution in [3.8, 4) is 5.75 Å². The number of para-hydroxylation sites is 1. The van der Waals surface area contributed by atoms with Crippen LogP contribution < -0.4 is 10.1 Å². The van der Waals surface area contributed by atoms with E-state index < -0.39 is 11.5 Å². The number of fused-ring (bicyclic) bond motifs is 1. The van der Waals surface area contributed by atoms with E-state index in [1.54, 1.807) is 17.8 Å². The molecule has 0 saturated carbocycles. The van der Waals surface area contributed by atoms with E-state index in [1.165, 1.54) is 0 Å². The molecule has 2 aliphatic rings. The van der Waals surface area contributed by atoms with Gasteiger partial charge in [-0.2, -0.15) is 11.8 Å². The third kappa shape index (κ3) is 2.83. The van der Waals surface area contributed by atoms with Gasteiger partial charge in [0.1, 0.15) is 17.9 Å². The minimum absolute atomic E-state index is 0.160. The largest absolute Gasteiger partial charge is 0.488 e. The molecule has 0 aliphatic carbocycles. The first kappa shape index (κ1) is 15.0. The molecule has 1 amide bonds. The lowest BCUT2D eigenvalue weighted by atomic mass is 9.91. The topological polar surface area (TPSA) is 75.6 Å². The number of hydrogen-bond acceptors (Lipinski definition) is 4. The number of hydrogen-bond donors (Lipinski definition) is 2. The van der Waals surface area contributed by atoms with E-state index >= 15 is 0 Å². The Bertz CT molecular complexity index is 635. The highest BCUT2D eigenvalue weighted by Gasteiger charge is 2.41. The monoisotopic (exact) mass is 319 g/mol. The Balaban J connectivity index is 1.80. The number of carboxylic acids is 1. The highest BCUT2D eigenvalue weighted by Crippen LogP contribution is 2.29. The molecule has 1 saturated heterocycles. The Morgan fingerprint density at radius 3 is 2.68 bits per heavy atom. The van der Waals surface area contributed by atoms with Gasteiger partial charge in [-0.05, 0) is 36.5 Å². The number of benzene rings is 1. The van der Waals surface area contributed by atoms with Crippen LogP contribution in [-0.4, -0.2) is 40.6 Å². The van der Waals surface area contributed by atoms with Crippen LogP contribution in [-0.2, 0) is 9.59 Å². The fraction of sp³-hybridized carbons (Fsp3) is 0.375. The minimum atomic E-state index is -1.15. The van der Waals surface area contributed by atoms with Crippen molar-refractivity contribution in [3.63, 3.8) is 0 Å². The third-order valence-electron chi connectivity index (χ3n) is 4.03. The number of nitrogens with one attached hydrogen (secondary N) is 1. The Hall–Kier alpha value is -1.95. The molecule has 0 aromatic heterocycles. The van der Waals surface area contributed by atoms with Crippen LogP contribution in [0.5, 0.6) is 5.75 Å². The fourth-order valence-electron chi connectivity index (χ4n) is 2.66. The molecule has 0 atom stereocenters. The van der Waals surface area contributed by atoms with E-state index in [0.29, 0.717) is 18.4 Å². The molecule has 3 rings (SSSR count). The van der Waals surface area contributed by atoms with Crippen molar-refractivity contribution < 1.29 is 19.4 Å². The van der Waals surface area contributed by atoms with E-state index in [-0.39, 0.29) is 12.5 Å². The molecule has 0 bridgehead atoms. The lowest BCUT2D eigenvalue weighted by Gasteiger charge is -2.34. The molecule has 0 radical (unpaired) electrons. The first-order valence-electron chi connectivity index (χ1n) is 7.17. The van der Waals surface area contributed by atoms with Crippen molar-refractivity contribution in [1.82, 2.24) is 5.32 Å². The molecule has 1 aromatic rings. The molecule has 2 heterocycles. The highest BCUT2D eigenvalue weighted by molar-refractivity contribution is 7.99. The first-order valence-corrected chi connectivity index (χ1v) is 8.32. The summed E-state index contributed by atoms with van der Waals surface area (Å²) >= 11 is 1.71. The van der Waals surface area contributed by atoms with Gasteiger partial charge in [0.25, 0.3) is 5.91 Å². The number of amides is 1. The van der Waals surface area contributed by atoms with Gasteiger partial charge >= 0.3 is 5.97 Å². The molecule has 1 fully saturated rings. The number of thioether (sulfide) groups is 1. The molecule has 22 heavy (non-hydrogen) atoms. The van der Waals surface area contributed by atoms with Gasteiger partial charge in [-0.15, -0.1) is 0 Å². The van der Waals surface area contributed by atoms with Gasteiger partial charge in [0.05, 0.1) is 5.57 Å². The maximum Gasteiger partial charge on any atom is 0.329 e. The van der Waals surface area contributed by atoms with Crippen LogP contribution in [0.4, 0.5) is 0 Å². The number of carbonyl (C=O) groups excluding carboxylic acids is 1. The zero-order valence-corrected chi connectivity index (χ0v) is 12.8. The van der Waals surface area contributed by atoms with Gasteiger partial charge in [-0.1, -0.05) is 18.2 Å². The van der Waals surface area contributed by atoms with Gasteiger partial charge in [0.2, 0.25) is 0 Å². The average Bonchev–Trinajstić information content (AvgIpc) is 2.55. The van der Waals surface area contributed by atoms with Crippen molar-refractivity contribution in [2.45, 2.75) is 18.4 Å². The Kier molecular flexibility index (Phi) is 4.11. The van der Waals surface area contributed by atoms with Crippen LogP contribution in [0.3, 0.4) is 0 Å². The quantitative estimate of drug-likeness (QED) is 0.890. The van der Waals surface area contributed by atoms with Gasteiger partial charge in [0.15, 0.2) is 0 Å². The molecule has 1 aromatic carbocycles. The van der Waals surface area contributed by atoms with E-state index in [9.17, 15) is 14.7 Å². The minimum Gasteiger partial charge on any atom is -0.488 e. The van der Waals surface area contributed by atoms with Gasteiger partial charge in [0, 0.05) is 5.56 Å². The second-order valence-electron chi connectivity index (χ2n) is 5.45. The zero-order valence-electron chi connectivity index (χ0n) is 12.0. The zero-order chi connectivity index (χ0) is 15.6. The summed E-state index contributed by atoms with van der Waals surface area (Å²) in [5, 5.41) is 12.3. The van der Waals surface area contributed by atoms with E-state index in [0.717, 1.165) is 22.8 Å². The molecule has 6 heteroatoms. The molecular formula is C16H17NO4S. The van der Waals surface area contributed by atoms with E-state index in [4.69, 9.17) is 4.74 Å². The van der Waals surface area contributed by atoms with Crippen molar-refractivity contribution in [1.29, 1.82) is 0 Å². The Morgan fingerprint density at radius 1 is 1.23 bits per heavy atom. The molecule has 2 aliphatic heterocycles. The van der Waals surface area contributed by atoms with Crippen molar-refractivity contribution in [2.24, 2.45) is 0 Å². The maximum absolute atomic E-state index is 12.5. The second kappa shape index (κ2) is 6.04. The summed E-state index contributed by atoms with van der Waals surface area (Å²) in [6.07, 6.45) is 2.66. The normalized spacial score (nSPS) is 19.4. The number of carbonyl (C=O) groups is 2. The van der Waals surface area contributed by atoms with Gasteiger partial charge in [-0.25, -0.2) is 4.79 Å². The summed E-state index contributed by atoms with van der Waals surface area (Å²) in [6.45, 7) is 0.160. The van der Waals surface area contributed by atoms with Crippen molar-refractivity contribution in [3.05, 3.63) is 35.4 Å². The van der Waals surface area contributed by atoms with Crippen molar-refractivity contribution >= 4 is 29.7 Å². The standard InChI is InChI=1S/C16H17NO4S/c18-14(17-16(15(19)20)5-7-22-8-6-16)12-9-11-3-1-2-4-13(11)21-10-12/h1-4,9H,5-8,10H2,(H,17,18)(H,19,20). The lowest BCUT2D eigenvalue weighted by molar-refractivity contribution is -0.147. The van der Waals surface area contributed by atoms with Gasteiger partial charge in [-0.3, -0.25) is 4.79 Å².